The van der Waals surface area contributed by atoms with E-state index in [4.69, 9.17) is 0 Å². The molecule has 0 saturated carbocycles. The highest BCUT2D eigenvalue weighted by Gasteiger charge is 2.18. The molecule has 1 N–H and O–H groups in total. The standard InChI is InChI=1S/C14H16OS4/c1-16-11-9-6-5-8(15)7-10(9)12(17-2)14(19-4)13(11)18-3/h5-7,15H,1-4H3. The summed E-state index contributed by atoms with van der Waals surface area (Å²) in [6.07, 6.45) is 8.46. The summed E-state index contributed by atoms with van der Waals surface area (Å²) in [5.74, 6) is 0.332. The molecule has 19 heavy (non-hydrogen) atoms. The van der Waals surface area contributed by atoms with Gasteiger partial charge in [0, 0.05) is 25.0 Å². The minimum absolute atomic E-state index is 0.332. The van der Waals surface area contributed by atoms with Crippen LogP contribution in [0.2, 0.25) is 0 Å². The van der Waals surface area contributed by atoms with Gasteiger partial charge in [-0.15, -0.1) is 47.0 Å². The Morgan fingerprint density at radius 1 is 0.684 bits per heavy atom. The van der Waals surface area contributed by atoms with Gasteiger partial charge in [-0.1, -0.05) is 0 Å². The predicted octanol–water partition coefficient (Wildman–Crippen LogP) is 5.43. The topological polar surface area (TPSA) is 20.2 Å². The van der Waals surface area contributed by atoms with Gasteiger partial charge in [0.15, 0.2) is 0 Å². The molecule has 0 saturated heterocycles. The minimum Gasteiger partial charge on any atom is -0.508 e. The lowest BCUT2D eigenvalue weighted by molar-refractivity contribution is 0.476. The second-order valence-corrected chi connectivity index (χ2v) is 7.13. The molecule has 0 spiro atoms. The highest BCUT2D eigenvalue weighted by molar-refractivity contribution is 8.04. The monoisotopic (exact) mass is 328 g/mol. The molecular weight excluding hydrogens is 312 g/mol. The van der Waals surface area contributed by atoms with Crippen molar-refractivity contribution >= 4 is 57.8 Å². The van der Waals surface area contributed by atoms with Crippen LogP contribution >= 0.6 is 47.0 Å². The largest absolute Gasteiger partial charge is 0.508 e. The molecule has 0 aliphatic heterocycles. The van der Waals surface area contributed by atoms with E-state index in [9.17, 15) is 5.11 Å². The number of aromatic hydroxyl groups is 1. The van der Waals surface area contributed by atoms with E-state index in [0.29, 0.717) is 5.75 Å². The zero-order valence-corrected chi connectivity index (χ0v) is 14.6. The molecule has 102 valence electrons. The lowest BCUT2D eigenvalue weighted by atomic mass is 10.1. The van der Waals surface area contributed by atoms with E-state index in [0.717, 1.165) is 5.39 Å². The normalized spacial score (nSPS) is 11.2. The summed E-state index contributed by atoms with van der Waals surface area (Å²) >= 11 is 7.12. The van der Waals surface area contributed by atoms with Crippen molar-refractivity contribution in [1.29, 1.82) is 0 Å². The summed E-state index contributed by atoms with van der Waals surface area (Å²) in [4.78, 5) is 5.25. The van der Waals surface area contributed by atoms with Crippen LogP contribution in [0.5, 0.6) is 5.75 Å². The molecule has 0 heterocycles. The van der Waals surface area contributed by atoms with Crippen LogP contribution in [0.25, 0.3) is 10.8 Å². The molecule has 1 nitrogen and oxygen atoms in total. The van der Waals surface area contributed by atoms with E-state index >= 15 is 0 Å². The molecule has 0 aliphatic carbocycles. The number of fused-ring (bicyclic) bond motifs is 1. The van der Waals surface area contributed by atoms with E-state index in [-0.39, 0.29) is 0 Å². The molecule has 2 aromatic carbocycles. The number of rotatable bonds is 4. The zero-order valence-electron chi connectivity index (χ0n) is 11.3. The van der Waals surface area contributed by atoms with Crippen molar-refractivity contribution in [1.82, 2.24) is 0 Å². The van der Waals surface area contributed by atoms with Crippen LogP contribution in [0.1, 0.15) is 0 Å². The van der Waals surface area contributed by atoms with Crippen molar-refractivity contribution in [2.45, 2.75) is 19.6 Å². The van der Waals surface area contributed by atoms with Crippen molar-refractivity contribution in [2.75, 3.05) is 25.0 Å². The molecule has 0 amide bonds. The molecule has 0 aliphatic rings. The smallest absolute Gasteiger partial charge is 0.116 e. The van der Waals surface area contributed by atoms with Gasteiger partial charge in [-0.05, 0) is 48.6 Å². The minimum atomic E-state index is 0.332. The average molecular weight is 329 g/mol. The van der Waals surface area contributed by atoms with Crippen LogP contribution in [0, 0.1) is 0 Å². The van der Waals surface area contributed by atoms with Crippen LogP contribution in [0.15, 0.2) is 37.8 Å². The highest BCUT2D eigenvalue weighted by Crippen LogP contribution is 2.47. The third-order valence-electron chi connectivity index (χ3n) is 2.93. The molecular formula is C14H16OS4. The molecule has 0 unspecified atom stereocenters. The van der Waals surface area contributed by atoms with Gasteiger partial charge >= 0.3 is 0 Å². The van der Waals surface area contributed by atoms with Gasteiger partial charge in [0.05, 0.1) is 0 Å². The number of thioether (sulfide) groups is 4. The third-order valence-corrected chi connectivity index (χ3v) is 6.61. The number of phenols is 1. The maximum atomic E-state index is 9.78. The number of phenolic OH excluding ortho intramolecular Hbond substituents is 1. The van der Waals surface area contributed by atoms with Gasteiger partial charge in [0.25, 0.3) is 0 Å². The molecule has 0 aromatic heterocycles. The van der Waals surface area contributed by atoms with Gasteiger partial charge in [-0.2, -0.15) is 0 Å². The first kappa shape index (κ1) is 15.3. The summed E-state index contributed by atoms with van der Waals surface area (Å²) in [6.45, 7) is 0. The maximum absolute atomic E-state index is 9.78. The fourth-order valence-electron chi connectivity index (χ4n) is 2.15. The number of benzene rings is 2. The maximum Gasteiger partial charge on any atom is 0.116 e. The summed E-state index contributed by atoms with van der Waals surface area (Å²) in [7, 11) is 0. The van der Waals surface area contributed by atoms with E-state index in [2.05, 4.69) is 25.0 Å². The number of hydrogen-bond acceptors (Lipinski definition) is 5. The first-order chi connectivity index (χ1) is 9.17. The second-order valence-electron chi connectivity index (χ2n) is 3.86. The third kappa shape index (κ3) is 2.71. The molecule has 0 fully saturated rings. The summed E-state index contributed by atoms with van der Waals surface area (Å²) < 4.78 is 0. The Balaban J connectivity index is 2.97. The Hall–Kier alpha value is -0.100. The molecule has 5 heteroatoms. The van der Waals surface area contributed by atoms with Gasteiger partial charge < -0.3 is 5.11 Å². The van der Waals surface area contributed by atoms with Gasteiger partial charge in [0.1, 0.15) is 5.75 Å². The van der Waals surface area contributed by atoms with E-state index in [1.807, 2.05) is 12.1 Å². The van der Waals surface area contributed by atoms with Gasteiger partial charge in [-0.3, -0.25) is 0 Å². The first-order valence-corrected chi connectivity index (χ1v) is 10.6. The summed E-state index contributed by atoms with van der Waals surface area (Å²) in [5.41, 5.74) is 0. The Morgan fingerprint density at radius 3 is 1.63 bits per heavy atom. The van der Waals surface area contributed by atoms with Crippen LogP contribution in [0.4, 0.5) is 0 Å². The molecule has 0 bridgehead atoms. The molecule has 2 rings (SSSR count). The van der Waals surface area contributed by atoms with Crippen molar-refractivity contribution in [3.8, 4) is 5.75 Å². The van der Waals surface area contributed by atoms with Crippen LogP contribution < -0.4 is 0 Å². The van der Waals surface area contributed by atoms with Crippen molar-refractivity contribution < 1.29 is 5.11 Å². The molecule has 2 aromatic rings. The Kier molecular flexibility index (Phi) is 5.29. The lowest BCUT2D eigenvalue weighted by Crippen LogP contribution is -1.90. The van der Waals surface area contributed by atoms with Crippen molar-refractivity contribution in [2.24, 2.45) is 0 Å². The number of hydrogen-bond donors (Lipinski definition) is 1. The van der Waals surface area contributed by atoms with E-state index in [1.54, 1.807) is 53.1 Å². The first-order valence-electron chi connectivity index (χ1n) is 5.66. The van der Waals surface area contributed by atoms with Crippen molar-refractivity contribution in [3.05, 3.63) is 18.2 Å². The zero-order chi connectivity index (χ0) is 14.0. The summed E-state index contributed by atoms with van der Waals surface area (Å²) in [5, 5.41) is 12.2. The quantitative estimate of drug-likeness (QED) is 0.752. The Labute approximate surface area is 131 Å². The molecule has 0 radical (unpaired) electrons. The van der Waals surface area contributed by atoms with Crippen LogP contribution in [-0.2, 0) is 0 Å². The van der Waals surface area contributed by atoms with Crippen LogP contribution in [-0.4, -0.2) is 30.1 Å². The summed E-state index contributed by atoms with van der Waals surface area (Å²) in [6, 6.07) is 5.68. The Bertz CT molecular complexity index is 610. The van der Waals surface area contributed by atoms with Crippen molar-refractivity contribution in [3.63, 3.8) is 0 Å². The Morgan fingerprint density at radius 2 is 1.16 bits per heavy atom. The fourth-order valence-corrected chi connectivity index (χ4v) is 6.30. The van der Waals surface area contributed by atoms with E-state index in [1.165, 1.54) is 25.0 Å². The average Bonchev–Trinajstić information content (AvgIpc) is 2.44. The fraction of sp³-hybridized carbons (Fsp3) is 0.286. The second kappa shape index (κ2) is 6.57. The van der Waals surface area contributed by atoms with E-state index < -0.39 is 0 Å². The van der Waals surface area contributed by atoms with Crippen LogP contribution in [0.3, 0.4) is 0 Å². The highest BCUT2D eigenvalue weighted by atomic mass is 32.2. The van der Waals surface area contributed by atoms with Gasteiger partial charge in [-0.25, -0.2) is 0 Å². The lowest BCUT2D eigenvalue weighted by Gasteiger charge is -2.18. The van der Waals surface area contributed by atoms with Gasteiger partial charge in [0.2, 0.25) is 0 Å². The SMILES string of the molecule is CSc1c(SC)c(SC)c2cc(O)ccc2c1SC. The predicted molar refractivity (Wildman–Crippen MR) is 92.7 cm³/mol. The molecule has 0 atom stereocenters.